The van der Waals surface area contributed by atoms with Crippen molar-refractivity contribution in [1.82, 2.24) is 5.32 Å². The first-order valence-corrected chi connectivity index (χ1v) is 8.48. The molecular formula is C21H16N2O4. The largest absolute Gasteiger partial charge is 0.467 e. The van der Waals surface area contributed by atoms with Crippen LogP contribution in [0.25, 0.3) is 0 Å². The molecule has 0 saturated carbocycles. The van der Waals surface area contributed by atoms with E-state index in [0.29, 0.717) is 28.1 Å². The molecule has 0 saturated heterocycles. The van der Waals surface area contributed by atoms with E-state index in [9.17, 15) is 14.4 Å². The number of amides is 3. The van der Waals surface area contributed by atoms with Gasteiger partial charge in [0.15, 0.2) is 0 Å². The van der Waals surface area contributed by atoms with Crippen molar-refractivity contribution < 1.29 is 18.8 Å². The van der Waals surface area contributed by atoms with Gasteiger partial charge in [0.2, 0.25) is 0 Å². The molecular weight excluding hydrogens is 344 g/mol. The number of hydrogen-bond acceptors (Lipinski definition) is 4. The van der Waals surface area contributed by atoms with E-state index in [1.165, 1.54) is 6.07 Å². The van der Waals surface area contributed by atoms with Crippen LogP contribution in [0.2, 0.25) is 0 Å². The van der Waals surface area contributed by atoms with Crippen LogP contribution in [-0.2, 0) is 0 Å². The summed E-state index contributed by atoms with van der Waals surface area (Å²) in [4.78, 5) is 38.9. The van der Waals surface area contributed by atoms with Crippen molar-refractivity contribution in [2.45, 2.75) is 13.0 Å². The third kappa shape index (κ3) is 2.91. The van der Waals surface area contributed by atoms with Crippen molar-refractivity contribution >= 4 is 23.4 Å². The Morgan fingerprint density at radius 3 is 2.30 bits per heavy atom. The second-order valence-corrected chi connectivity index (χ2v) is 6.25. The standard InChI is InChI=1S/C21H16N2O4/c1-13(18-10-5-11-27-18)22-19(24)14-6-4-7-15(12-14)23-20(25)16-8-2-3-9-17(16)21(23)26/h2-13H,1H3,(H,22,24)/t13-/m1/s1. The van der Waals surface area contributed by atoms with Gasteiger partial charge in [-0.2, -0.15) is 0 Å². The summed E-state index contributed by atoms with van der Waals surface area (Å²) in [7, 11) is 0. The molecule has 0 unspecified atom stereocenters. The van der Waals surface area contributed by atoms with Crippen LogP contribution in [0, 0.1) is 0 Å². The van der Waals surface area contributed by atoms with Gasteiger partial charge in [0.25, 0.3) is 17.7 Å². The third-order valence-corrected chi connectivity index (χ3v) is 4.48. The maximum Gasteiger partial charge on any atom is 0.266 e. The molecule has 1 N–H and O–H groups in total. The quantitative estimate of drug-likeness (QED) is 0.722. The van der Waals surface area contributed by atoms with Gasteiger partial charge in [-0.25, -0.2) is 4.90 Å². The van der Waals surface area contributed by atoms with Gasteiger partial charge in [-0.15, -0.1) is 0 Å². The van der Waals surface area contributed by atoms with Crippen molar-refractivity contribution in [1.29, 1.82) is 0 Å². The van der Waals surface area contributed by atoms with Crippen LogP contribution < -0.4 is 10.2 Å². The van der Waals surface area contributed by atoms with E-state index < -0.39 is 11.8 Å². The molecule has 2 heterocycles. The fourth-order valence-electron chi connectivity index (χ4n) is 3.10. The van der Waals surface area contributed by atoms with Crippen LogP contribution in [0.15, 0.2) is 71.3 Å². The number of carbonyl (C=O) groups is 3. The van der Waals surface area contributed by atoms with Gasteiger partial charge in [-0.1, -0.05) is 18.2 Å². The van der Waals surface area contributed by atoms with Crippen LogP contribution >= 0.6 is 0 Å². The summed E-state index contributed by atoms with van der Waals surface area (Å²) in [6, 6.07) is 16.3. The minimum absolute atomic E-state index is 0.310. The Kier molecular flexibility index (Phi) is 4.08. The molecule has 0 spiro atoms. The highest BCUT2D eigenvalue weighted by atomic mass is 16.3. The number of nitrogens with zero attached hydrogens (tertiary/aromatic N) is 1. The van der Waals surface area contributed by atoms with E-state index in [1.54, 1.807) is 60.9 Å². The zero-order valence-corrected chi connectivity index (χ0v) is 14.5. The summed E-state index contributed by atoms with van der Waals surface area (Å²) in [6.07, 6.45) is 1.54. The summed E-state index contributed by atoms with van der Waals surface area (Å²) >= 11 is 0. The number of benzene rings is 2. The highest BCUT2D eigenvalue weighted by molar-refractivity contribution is 6.34. The lowest BCUT2D eigenvalue weighted by atomic mass is 10.1. The normalized spacial score (nSPS) is 14.2. The predicted molar refractivity (Wildman–Crippen MR) is 98.6 cm³/mol. The average molecular weight is 360 g/mol. The average Bonchev–Trinajstić information content (AvgIpc) is 3.30. The molecule has 3 amide bonds. The van der Waals surface area contributed by atoms with Crippen molar-refractivity contribution in [3.63, 3.8) is 0 Å². The van der Waals surface area contributed by atoms with Crippen LogP contribution in [0.5, 0.6) is 0 Å². The molecule has 0 fully saturated rings. The smallest absolute Gasteiger partial charge is 0.266 e. The van der Waals surface area contributed by atoms with Gasteiger partial charge in [0, 0.05) is 5.56 Å². The highest BCUT2D eigenvalue weighted by Crippen LogP contribution is 2.28. The van der Waals surface area contributed by atoms with Crippen LogP contribution in [0.3, 0.4) is 0 Å². The Hall–Kier alpha value is -3.67. The zero-order chi connectivity index (χ0) is 19.0. The van der Waals surface area contributed by atoms with Crippen molar-refractivity contribution in [2.24, 2.45) is 0 Å². The lowest BCUT2D eigenvalue weighted by molar-refractivity contribution is 0.0915. The molecule has 2 aromatic carbocycles. The van der Waals surface area contributed by atoms with Gasteiger partial charge in [0.1, 0.15) is 5.76 Å². The van der Waals surface area contributed by atoms with E-state index in [2.05, 4.69) is 5.32 Å². The Balaban J connectivity index is 1.59. The predicted octanol–water partition coefficient (Wildman–Crippen LogP) is 3.57. The molecule has 6 heteroatoms. The summed E-state index contributed by atoms with van der Waals surface area (Å²) in [5, 5.41) is 2.83. The second-order valence-electron chi connectivity index (χ2n) is 6.25. The summed E-state index contributed by atoms with van der Waals surface area (Å²) in [6.45, 7) is 1.81. The van der Waals surface area contributed by atoms with E-state index in [4.69, 9.17) is 4.42 Å². The minimum Gasteiger partial charge on any atom is -0.467 e. The topological polar surface area (TPSA) is 79.6 Å². The molecule has 1 atom stereocenters. The molecule has 1 aliphatic rings. The minimum atomic E-state index is -0.392. The molecule has 27 heavy (non-hydrogen) atoms. The van der Waals surface area contributed by atoms with Crippen molar-refractivity contribution in [3.05, 3.63) is 89.4 Å². The van der Waals surface area contributed by atoms with Crippen LogP contribution in [0.1, 0.15) is 49.8 Å². The van der Waals surface area contributed by atoms with E-state index >= 15 is 0 Å². The summed E-state index contributed by atoms with van der Waals surface area (Å²) in [5.41, 5.74) is 1.44. The van der Waals surface area contributed by atoms with Gasteiger partial charge in [-0.3, -0.25) is 14.4 Å². The van der Waals surface area contributed by atoms with E-state index in [0.717, 1.165) is 4.90 Å². The Labute approximate surface area is 155 Å². The zero-order valence-electron chi connectivity index (χ0n) is 14.5. The number of hydrogen-bond donors (Lipinski definition) is 1. The SMILES string of the molecule is C[C@@H](NC(=O)c1cccc(N2C(=O)c3ccccc3C2=O)c1)c1ccco1. The van der Waals surface area contributed by atoms with Gasteiger partial charge in [0.05, 0.1) is 29.1 Å². The maximum atomic E-state index is 12.6. The highest BCUT2D eigenvalue weighted by Gasteiger charge is 2.36. The number of rotatable bonds is 4. The van der Waals surface area contributed by atoms with Crippen LogP contribution in [0.4, 0.5) is 5.69 Å². The number of imide groups is 1. The van der Waals surface area contributed by atoms with E-state index in [1.807, 2.05) is 6.92 Å². The summed E-state index contributed by atoms with van der Waals surface area (Å²) < 4.78 is 5.29. The number of furan rings is 1. The molecule has 0 bridgehead atoms. The first-order chi connectivity index (χ1) is 13.1. The molecule has 6 nitrogen and oxygen atoms in total. The van der Waals surface area contributed by atoms with Gasteiger partial charge in [-0.05, 0) is 49.4 Å². The number of nitrogens with one attached hydrogen (secondary N) is 1. The fraction of sp³-hybridized carbons (Fsp3) is 0.0952. The third-order valence-electron chi connectivity index (χ3n) is 4.48. The first kappa shape index (κ1) is 16.8. The van der Waals surface area contributed by atoms with Gasteiger partial charge >= 0.3 is 0 Å². The molecule has 0 aliphatic carbocycles. The van der Waals surface area contributed by atoms with Crippen LogP contribution in [-0.4, -0.2) is 17.7 Å². The fourth-order valence-corrected chi connectivity index (χ4v) is 3.10. The number of fused-ring (bicyclic) bond motifs is 1. The Morgan fingerprint density at radius 1 is 0.963 bits per heavy atom. The lowest BCUT2D eigenvalue weighted by Crippen LogP contribution is -2.30. The Morgan fingerprint density at radius 2 is 1.67 bits per heavy atom. The Bertz CT molecular complexity index is 1000. The first-order valence-electron chi connectivity index (χ1n) is 8.48. The molecule has 4 rings (SSSR count). The van der Waals surface area contributed by atoms with Crippen molar-refractivity contribution in [3.8, 4) is 0 Å². The molecule has 134 valence electrons. The maximum absolute atomic E-state index is 12.6. The molecule has 3 aromatic rings. The molecule has 1 aromatic heterocycles. The number of anilines is 1. The van der Waals surface area contributed by atoms with Gasteiger partial charge < -0.3 is 9.73 Å². The lowest BCUT2D eigenvalue weighted by Gasteiger charge is -2.16. The van der Waals surface area contributed by atoms with Crippen molar-refractivity contribution in [2.75, 3.05) is 4.90 Å². The van der Waals surface area contributed by atoms with E-state index in [-0.39, 0.29) is 11.9 Å². The molecule has 0 radical (unpaired) electrons. The monoisotopic (exact) mass is 360 g/mol. The number of carbonyl (C=O) groups excluding carboxylic acids is 3. The summed E-state index contributed by atoms with van der Waals surface area (Å²) in [5.74, 6) is -0.466. The second kappa shape index (κ2) is 6.57. The molecule has 1 aliphatic heterocycles.